The molecule has 0 aliphatic carbocycles. The molecule has 1 saturated heterocycles. The number of nitrogens with one attached hydrogen (secondary N) is 1. The van der Waals surface area contributed by atoms with E-state index in [1.165, 1.54) is 23.1 Å². The Morgan fingerprint density at radius 3 is 2.86 bits per heavy atom. The Balaban J connectivity index is 1.75. The average Bonchev–Trinajstić information content (AvgIpc) is 3.05. The molecule has 2 aromatic rings. The van der Waals surface area contributed by atoms with Crippen LogP contribution in [0.25, 0.3) is 5.69 Å². The Labute approximate surface area is 127 Å². The van der Waals surface area contributed by atoms with E-state index >= 15 is 0 Å². The van der Waals surface area contributed by atoms with Crippen molar-refractivity contribution in [1.29, 1.82) is 0 Å². The largest absolute Gasteiger partial charge is 0.336 e. The number of carbonyl (C=O) groups excluding carboxylic acids is 1. The number of aromatic nitrogens is 3. The summed E-state index contributed by atoms with van der Waals surface area (Å²) in [5.41, 5.74) is 0.924. The molecule has 1 aliphatic heterocycles. The summed E-state index contributed by atoms with van der Waals surface area (Å²) in [6.07, 6.45) is 3.50. The third-order valence-electron chi connectivity index (χ3n) is 3.89. The number of halogens is 1. The molecule has 0 bridgehead atoms. The van der Waals surface area contributed by atoms with Gasteiger partial charge in [0.25, 0.3) is 5.91 Å². The Morgan fingerprint density at radius 2 is 2.14 bits per heavy atom. The summed E-state index contributed by atoms with van der Waals surface area (Å²) in [4.78, 5) is 15.6. The molecule has 1 amide bonds. The zero-order chi connectivity index (χ0) is 15.5. The topological polar surface area (TPSA) is 63.1 Å². The molecule has 6 nitrogen and oxygen atoms in total. The van der Waals surface area contributed by atoms with Gasteiger partial charge in [-0.15, -0.1) is 5.10 Å². The van der Waals surface area contributed by atoms with Crippen LogP contribution in [0.5, 0.6) is 0 Å². The monoisotopic (exact) mass is 303 g/mol. The van der Waals surface area contributed by atoms with E-state index in [0.717, 1.165) is 19.4 Å². The molecule has 1 aromatic heterocycles. The molecule has 1 aliphatic rings. The number of piperidine rings is 1. The van der Waals surface area contributed by atoms with Crippen molar-refractivity contribution in [3.05, 3.63) is 42.0 Å². The van der Waals surface area contributed by atoms with Gasteiger partial charge in [0, 0.05) is 19.1 Å². The molecular formula is C15H18FN5O. The third-order valence-corrected chi connectivity index (χ3v) is 3.89. The summed E-state index contributed by atoms with van der Waals surface area (Å²) in [6, 6.07) is 6.14. The lowest BCUT2D eigenvalue weighted by atomic mass is 10.1. The average molecular weight is 303 g/mol. The van der Waals surface area contributed by atoms with Gasteiger partial charge in [0.2, 0.25) is 0 Å². The quantitative estimate of drug-likeness (QED) is 0.926. The predicted octanol–water partition coefficient (Wildman–Crippen LogP) is 1.23. The van der Waals surface area contributed by atoms with Crippen LogP contribution in [-0.4, -0.2) is 52.0 Å². The predicted molar refractivity (Wildman–Crippen MR) is 79.3 cm³/mol. The zero-order valence-electron chi connectivity index (χ0n) is 12.4. The van der Waals surface area contributed by atoms with Gasteiger partial charge in [-0.2, -0.15) is 9.90 Å². The SMILES string of the molecule is CNC1CCCN(C(=O)c2cnn(-c3ccc(F)cc3)n2)C1. The molecule has 1 fully saturated rings. The minimum atomic E-state index is -0.321. The van der Waals surface area contributed by atoms with Crippen LogP contribution in [0.2, 0.25) is 0 Å². The standard InChI is InChI=1S/C15H18FN5O/c1-17-12-3-2-8-20(10-12)15(22)14-9-18-21(19-14)13-6-4-11(16)5-7-13/h4-7,9,12,17H,2-3,8,10H2,1H3. The molecule has 7 heteroatoms. The van der Waals surface area contributed by atoms with Gasteiger partial charge in [-0.1, -0.05) is 0 Å². The van der Waals surface area contributed by atoms with Crippen LogP contribution >= 0.6 is 0 Å². The Kier molecular flexibility index (Phi) is 4.15. The molecule has 22 heavy (non-hydrogen) atoms. The first-order chi connectivity index (χ1) is 10.7. The number of hydrogen-bond donors (Lipinski definition) is 1. The maximum Gasteiger partial charge on any atom is 0.276 e. The van der Waals surface area contributed by atoms with Crippen molar-refractivity contribution >= 4 is 5.91 Å². The highest BCUT2D eigenvalue weighted by atomic mass is 19.1. The highest BCUT2D eigenvalue weighted by Gasteiger charge is 2.25. The molecular weight excluding hydrogens is 285 g/mol. The van der Waals surface area contributed by atoms with E-state index in [1.807, 2.05) is 7.05 Å². The zero-order valence-corrected chi connectivity index (χ0v) is 12.4. The van der Waals surface area contributed by atoms with Crippen molar-refractivity contribution in [2.45, 2.75) is 18.9 Å². The minimum absolute atomic E-state index is 0.117. The normalized spacial score (nSPS) is 18.5. The summed E-state index contributed by atoms with van der Waals surface area (Å²) in [7, 11) is 1.91. The van der Waals surface area contributed by atoms with E-state index in [-0.39, 0.29) is 11.7 Å². The second-order valence-electron chi connectivity index (χ2n) is 5.37. The lowest BCUT2D eigenvalue weighted by Gasteiger charge is -2.31. The van der Waals surface area contributed by atoms with Gasteiger partial charge in [-0.05, 0) is 44.2 Å². The first kappa shape index (κ1) is 14.6. The molecule has 0 saturated carbocycles. The molecule has 116 valence electrons. The number of likely N-dealkylation sites (N-methyl/N-ethyl adjacent to an activating group) is 1. The van der Waals surface area contributed by atoms with Crippen molar-refractivity contribution in [1.82, 2.24) is 25.2 Å². The van der Waals surface area contributed by atoms with Crippen molar-refractivity contribution < 1.29 is 9.18 Å². The van der Waals surface area contributed by atoms with E-state index in [0.29, 0.717) is 24.0 Å². The summed E-state index contributed by atoms with van der Waals surface area (Å²) >= 11 is 0. The van der Waals surface area contributed by atoms with Crippen LogP contribution in [0.4, 0.5) is 4.39 Å². The van der Waals surface area contributed by atoms with Crippen LogP contribution in [0, 0.1) is 5.82 Å². The smallest absolute Gasteiger partial charge is 0.276 e. The van der Waals surface area contributed by atoms with Gasteiger partial charge in [0.15, 0.2) is 5.69 Å². The number of benzene rings is 1. The van der Waals surface area contributed by atoms with Gasteiger partial charge >= 0.3 is 0 Å². The summed E-state index contributed by atoms with van der Waals surface area (Å²) < 4.78 is 12.9. The fourth-order valence-corrected chi connectivity index (χ4v) is 2.62. The van der Waals surface area contributed by atoms with Crippen molar-refractivity contribution in [2.24, 2.45) is 0 Å². The van der Waals surface area contributed by atoms with Crippen molar-refractivity contribution in [3.8, 4) is 5.69 Å². The van der Waals surface area contributed by atoms with Gasteiger partial charge < -0.3 is 10.2 Å². The van der Waals surface area contributed by atoms with Crippen LogP contribution in [0.15, 0.2) is 30.5 Å². The maximum atomic E-state index is 12.9. The molecule has 2 heterocycles. The van der Waals surface area contributed by atoms with E-state index < -0.39 is 0 Å². The second kappa shape index (κ2) is 6.23. The van der Waals surface area contributed by atoms with Crippen LogP contribution in [0.1, 0.15) is 23.3 Å². The number of hydrogen-bond acceptors (Lipinski definition) is 4. The van der Waals surface area contributed by atoms with E-state index in [4.69, 9.17) is 0 Å². The first-order valence-electron chi connectivity index (χ1n) is 7.32. The van der Waals surface area contributed by atoms with Crippen LogP contribution < -0.4 is 5.32 Å². The highest BCUT2D eigenvalue weighted by molar-refractivity contribution is 5.92. The van der Waals surface area contributed by atoms with Crippen molar-refractivity contribution in [2.75, 3.05) is 20.1 Å². The summed E-state index contributed by atoms with van der Waals surface area (Å²) in [6.45, 7) is 1.42. The lowest BCUT2D eigenvalue weighted by Crippen LogP contribution is -2.47. The first-order valence-corrected chi connectivity index (χ1v) is 7.32. The number of likely N-dealkylation sites (tertiary alicyclic amines) is 1. The van der Waals surface area contributed by atoms with Gasteiger partial charge in [-0.3, -0.25) is 4.79 Å². The molecule has 3 rings (SSSR count). The number of nitrogens with zero attached hydrogens (tertiary/aromatic N) is 4. The Bertz CT molecular complexity index is 654. The highest BCUT2D eigenvalue weighted by Crippen LogP contribution is 2.13. The number of carbonyl (C=O) groups is 1. The molecule has 1 N–H and O–H groups in total. The van der Waals surface area contributed by atoms with E-state index in [9.17, 15) is 9.18 Å². The minimum Gasteiger partial charge on any atom is -0.336 e. The lowest BCUT2D eigenvalue weighted by molar-refractivity contribution is 0.0691. The van der Waals surface area contributed by atoms with Crippen LogP contribution in [-0.2, 0) is 0 Å². The summed E-state index contributed by atoms with van der Waals surface area (Å²) in [5.74, 6) is -0.438. The van der Waals surface area contributed by atoms with E-state index in [1.54, 1.807) is 17.0 Å². The Morgan fingerprint density at radius 1 is 1.36 bits per heavy atom. The van der Waals surface area contributed by atoms with E-state index in [2.05, 4.69) is 15.5 Å². The maximum absolute atomic E-state index is 12.9. The van der Waals surface area contributed by atoms with Gasteiger partial charge in [-0.25, -0.2) is 4.39 Å². The number of amides is 1. The van der Waals surface area contributed by atoms with Gasteiger partial charge in [0.1, 0.15) is 5.82 Å². The fraction of sp³-hybridized carbons (Fsp3) is 0.400. The molecule has 0 radical (unpaired) electrons. The fourth-order valence-electron chi connectivity index (χ4n) is 2.62. The molecule has 1 atom stereocenters. The molecule has 1 aromatic carbocycles. The number of rotatable bonds is 3. The van der Waals surface area contributed by atoms with Crippen molar-refractivity contribution in [3.63, 3.8) is 0 Å². The second-order valence-corrected chi connectivity index (χ2v) is 5.37. The van der Waals surface area contributed by atoms with Gasteiger partial charge in [0.05, 0.1) is 11.9 Å². The van der Waals surface area contributed by atoms with Crippen LogP contribution in [0.3, 0.4) is 0 Å². The third kappa shape index (κ3) is 2.99. The summed E-state index contributed by atoms with van der Waals surface area (Å²) in [5, 5.41) is 11.5. The Hall–Kier alpha value is -2.28. The molecule has 0 spiro atoms. The molecule has 1 unspecified atom stereocenters.